The second-order valence-electron chi connectivity index (χ2n) is 12.9. The predicted molar refractivity (Wildman–Crippen MR) is 175 cm³/mol. The Bertz CT molecular complexity index is 1970. The lowest BCUT2D eigenvalue weighted by atomic mass is 9.82. The number of carboxylic acids is 1. The number of aliphatic carboxylic acids is 1. The number of likely N-dealkylation sites (tertiary alicyclic amines) is 2. The molecule has 3 aromatic heterocycles. The highest BCUT2D eigenvalue weighted by Gasteiger charge is 2.50. The third kappa shape index (κ3) is 5.48. The Balaban J connectivity index is 1.28. The van der Waals surface area contributed by atoms with E-state index < -0.39 is 34.8 Å². The maximum atomic E-state index is 14.5. The number of methoxy groups -OCH3 is 1. The lowest BCUT2D eigenvalue weighted by Crippen LogP contribution is -2.66. The Morgan fingerprint density at radius 2 is 1.88 bits per heavy atom. The smallest absolute Gasteiger partial charge is 0.332 e. The molecular weight excluding hydrogens is 642 g/mol. The third-order valence-electron chi connectivity index (χ3n) is 9.59. The number of carbonyl (C=O) groups excluding carboxylic acids is 1. The fraction of sp³-hybridized carbons (Fsp3) is 0.485. The summed E-state index contributed by atoms with van der Waals surface area (Å²) in [4.78, 5) is 61.8. The number of nitrogens with zero attached hydrogens (tertiary/aromatic N) is 5. The zero-order valence-corrected chi connectivity index (χ0v) is 27.7. The number of hydrogen-bond acceptors (Lipinski definition) is 10. The highest BCUT2D eigenvalue weighted by Crippen LogP contribution is 2.38. The average molecular weight is 680 g/mol. The van der Waals surface area contributed by atoms with Crippen molar-refractivity contribution in [3.63, 3.8) is 0 Å². The molecule has 15 heteroatoms. The van der Waals surface area contributed by atoms with Crippen LogP contribution in [0.2, 0.25) is 0 Å². The SMILES string of the molecule is COc1ccccc1C(Cn1c(=O)n(C2CN(C(=O)N3CC(C)(C(=O)O)C3)C2)c(=O)c2c(C)c(-c3ncco3)sc21)OC1CCOCC1. The van der Waals surface area contributed by atoms with Crippen LogP contribution < -0.4 is 16.0 Å². The number of urea groups is 1. The summed E-state index contributed by atoms with van der Waals surface area (Å²) >= 11 is 1.27. The van der Waals surface area contributed by atoms with Crippen molar-refractivity contribution in [2.24, 2.45) is 5.41 Å². The van der Waals surface area contributed by atoms with E-state index in [9.17, 15) is 24.3 Å². The monoisotopic (exact) mass is 679 g/mol. The molecule has 7 rings (SSSR count). The topological polar surface area (TPSA) is 159 Å². The number of para-hydroxylation sites is 1. The molecule has 48 heavy (non-hydrogen) atoms. The number of carbonyl (C=O) groups is 2. The summed E-state index contributed by atoms with van der Waals surface area (Å²) in [5.74, 6) is 0.0192. The van der Waals surface area contributed by atoms with Crippen LogP contribution in [0.5, 0.6) is 5.75 Å². The van der Waals surface area contributed by atoms with Crippen molar-refractivity contribution in [3.8, 4) is 16.5 Å². The quantitative estimate of drug-likeness (QED) is 0.278. The maximum Gasteiger partial charge on any atom is 0.332 e. The van der Waals surface area contributed by atoms with Crippen molar-refractivity contribution in [2.45, 2.75) is 51.5 Å². The molecule has 3 fully saturated rings. The van der Waals surface area contributed by atoms with E-state index in [2.05, 4.69) is 4.98 Å². The van der Waals surface area contributed by atoms with Crippen LogP contribution in [0.4, 0.5) is 4.79 Å². The van der Waals surface area contributed by atoms with Gasteiger partial charge in [0.15, 0.2) is 0 Å². The van der Waals surface area contributed by atoms with Crippen LogP contribution in [-0.4, -0.2) is 93.6 Å². The zero-order chi connectivity index (χ0) is 33.7. The van der Waals surface area contributed by atoms with Crippen molar-refractivity contribution in [3.05, 3.63) is 68.7 Å². The van der Waals surface area contributed by atoms with Gasteiger partial charge in [-0.2, -0.15) is 0 Å². The first-order valence-corrected chi connectivity index (χ1v) is 16.7. The van der Waals surface area contributed by atoms with Gasteiger partial charge in [-0.25, -0.2) is 14.6 Å². The molecule has 14 nitrogen and oxygen atoms in total. The second kappa shape index (κ2) is 12.5. The number of aromatic nitrogens is 3. The van der Waals surface area contributed by atoms with E-state index in [0.717, 1.165) is 5.56 Å². The van der Waals surface area contributed by atoms with Crippen LogP contribution in [-0.2, 0) is 20.8 Å². The van der Waals surface area contributed by atoms with E-state index in [0.29, 0.717) is 58.4 Å². The molecule has 0 radical (unpaired) electrons. The minimum absolute atomic E-state index is 0.0925. The minimum Gasteiger partial charge on any atom is -0.496 e. The number of benzene rings is 1. The summed E-state index contributed by atoms with van der Waals surface area (Å²) in [6.07, 6.45) is 3.70. The molecule has 1 unspecified atom stereocenters. The summed E-state index contributed by atoms with van der Waals surface area (Å²) in [7, 11) is 1.59. The number of rotatable bonds is 9. The van der Waals surface area contributed by atoms with Crippen molar-refractivity contribution < 1.29 is 33.3 Å². The lowest BCUT2D eigenvalue weighted by molar-refractivity contribution is -0.156. The van der Waals surface area contributed by atoms with E-state index in [1.807, 2.05) is 31.2 Å². The van der Waals surface area contributed by atoms with Gasteiger partial charge in [-0.05, 0) is 38.3 Å². The van der Waals surface area contributed by atoms with Crippen LogP contribution in [0.15, 0.2) is 50.7 Å². The number of ether oxygens (including phenoxy) is 3. The fourth-order valence-electron chi connectivity index (χ4n) is 6.79. The predicted octanol–water partition coefficient (Wildman–Crippen LogP) is 3.52. The Hall–Kier alpha value is -4.47. The van der Waals surface area contributed by atoms with E-state index >= 15 is 0 Å². The van der Waals surface area contributed by atoms with Crippen LogP contribution in [0.3, 0.4) is 0 Å². The van der Waals surface area contributed by atoms with Crippen LogP contribution >= 0.6 is 11.3 Å². The maximum absolute atomic E-state index is 14.5. The van der Waals surface area contributed by atoms with Gasteiger partial charge in [0.25, 0.3) is 5.56 Å². The van der Waals surface area contributed by atoms with Crippen molar-refractivity contribution in [1.29, 1.82) is 0 Å². The van der Waals surface area contributed by atoms with Gasteiger partial charge >= 0.3 is 17.7 Å². The second-order valence-corrected chi connectivity index (χ2v) is 13.9. The normalized spacial score (nSPS) is 18.8. The first-order valence-electron chi connectivity index (χ1n) is 15.9. The molecule has 254 valence electrons. The molecule has 0 bridgehead atoms. The van der Waals surface area contributed by atoms with Gasteiger partial charge < -0.3 is 33.5 Å². The summed E-state index contributed by atoms with van der Waals surface area (Å²) in [5.41, 5.74) is -0.518. The molecule has 1 N–H and O–H groups in total. The molecule has 0 saturated carbocycles. The van der Waals surface area contributed by atoms with Gasteiger partial charge in [0.05, 0.1) is 42.3 Å². The minimum atomic E-state index is -0.975. The van der Waals surface area contributed by atoms with Crippen molar-refractivity contribution in [1.82, 2.24) is 23.9 Å². The number of carboxylic acid groups (broad SMARTS) is 1. The highest BCUT2D eigenvalue weighted by atomic mass is 32.1. The summed E-state index contributed by atoms with van der Waals surface area (Å²) in [6.45, 7) is 5.16. The molecule has 3 aliphatic heterocycles. The molecule has 0 aliphatic carbocycles. The Morgan fingerprint density at radius 3 is 2.54 bits per heavy atom. The number of oxazole rings is 1. The number of fused-ring (bicyclic) bond motifs is 1. The van der Waals surface area contributed by atoms with Gasteiger partial charge in [0.2, 0.25) is 5.89 Å². The van der Waals surface area contributed by atoms with Gasteiger partial charge in [0, 0.05) is 45.0 Å². The Kier molecular flexibility index (Phi) is 8.37. The zero-order valence-electron chi connectivity index (χ0n) is 26.9. The molecule has 6 heterocycles. The molecule has 4 aromatic rings. The molecule has 2 amide bonds. The van der Waals surface area contributed by atoms with Crippen molar-refractivity contribution in [2.75, 3.05) is 46.5 Å². The van der Waals surface area contributed by atoms with Crippen LogP contribution in [0.25, 0.3) is 21.0 Å². The van der Waals surface area contributed by atoms with Gasteiger partial charge in [-0.3, -0.25) is 18.7 Å². The summed E-state index contributed by atoms with van der Waals surface area (Å²) in [5, 5.41) is 9.83. The molecule has 1 atom stereocenters. The molecular formula is C33H37N5O9S. The number of thiophene rings is 1. The van der Waals surface area contributed by atoms with E-state index in [1.54, 1.807) is 18.6 Å². The van der Waals surface area contributed by atoms with Crippen LogP contribution in [0.1, 0.15) is 43.0 Å². The lowest BCUT2D eigenvalue weighted by Gasteiger charge is -2.49. The molecule has 0 spiro atoms. The summed E-state index contributed by atoms with van der Waals surface area (Å²) in [6, 6.07) is 6.66. The molecule has 3 aliphatic rings. The largest absolute Gasteiger partial charge is 0.496 e. The Labute approximate surface area is 279 Å². The van der Waals surface area contributed by atoms with Crippen molar-refractivity contribution >= 4 is 33.6 Å². The standard InChI is InChI=1S/C33H37N5O9S/c1-19-25-28(39)38(20-14-35(15-20)31(42)36-17-33(2,18-36)30(40)41)32(43)37(29(25)48-26(19)27-34-10-13-46-27)16-24(47-21-8-11-45-12-9-21)22-6-4-5-7-23(22)44-3/h4-7,10,13,20-21,24H,8-9,11-12,14-18H2,1-3H3,(H,40,41). The first kappa shape index (κ1) is 32.1. The highest BCUT2D eigenvalue weighted by molar-refractivity contribution is 7.22. The van der Waals surface area contributed by atoms with Gasteiger partial charge in [-0.15, -0.1) is 11.3 Å². The van der Waals surface area contributed by atoms with Crippen LogP contribution in [0, 0.1) is 12.3 Å². The number of amides is 2. The summed E-state index contributed by atoms with van der Waals surface area (Å²) < 4.78 is 26.4. The van der Waals surface area contributed by atoms with E-state index in [-0.39, 0.29) is 44.9 Å². The first-order chi connectivity index (χ1) is 23.1. The number of hydrogen-bond donors (Lipinski definition) is 1. The van der Waals surface area contributed by atoms with Gasteiger partial charge in [-0.1, -0.05) is 18.2 Å². The third-order valence-corrected chi connectivity index (χ3v) is 10.9. The van der Waals surface area contributed by atoms with Gasteiger partial charge in [0.1, 0.15) is 28.4 Å². The van der Waals surface area contributed by atoms with E-state index in [4.69, 9.17) is 18.6 Å². The fourth-order valence-corrected chi connectivity index (χ4v) is 8.03. The number of aryl methyl sites for hydroxylation is 1. The Morgan fingerprint density at radius 1 is 1.15 bits per heavy atom. The average Bonchev–Trinajstić information content (AvgIpc) is 3.70. The molecule has 1 aromatic carbocycles. The van der Waals surface area contributed by atoms with E-state index in [1.165, 1.54) is 38.2 Å². The molecule has 3 saturated heterocycles.